The minimum Gasteiger partial charge on any atom is -0.494 e. The highest BCUT2D eigenvalue weighted by Gasteiger charge is 2.30. The summed E-state index contributed by atoms with van der Waals surface area (Å²) in [5.41, 5.74) is 0.544. The number of carbonyl (C=O) groups excluding carboxylic acids is 1. The highest BCUT2D eigenvalue weighted by molar-refractivity contribution is 5.94. The smallest absolute Gasteiger partial charge is 0.306 e. The minimum absolute atomic E-state index is 0.0567. The van der Waals surface area contributed by atoms with Crippen LogP contribution in [-0.2, 0) is 4.79 Å². The average Bonchev–Trinajstić information content (AvgIpc) is 2.94. The fourth-order valence-electron chi connectivity index (χ4n) is 2.55. The second kappa shape index (κ2) is 7.11. The van der Waals surface area contributed by atoms with Crippen molar-refractivity contribution in [1.29, 1.82) is 0 Å². The van der Waals surface area contributed by atoms with Crippen molar-refractivity contribution in [3.8, 4) is 5.75 Å². The summed E-state index contributed by atoms with van der Waals surface area (Å²) in [6, 6.07) is 7.00. The van der Waals surface area contributed by atoms with Crippen molar-refractivity contribution < 1.29 is 19.4 Å². The first-order chi connectivity index (χ1) is 10.1. The standard InChI is InChI=1S/C16H21NO4/c1-2-8-21-14-5-3-4-11(10-14)15(18)17-13-7-6-12(9-13)16(19)20/h3-5,10,12-13H,2,6-9H2,1H3,(H,17,18)(H,19,20). The van der Waals surface area contributed by atoms with E-state index in [-0.39, 0.29) is 17.9 Å². The van der Waals surface area contributed by atoms with Gasteiger partial charge >= 0.3 is 5.97 Å². The number of hydrogen-bond acceptors (Lipinski definition) is 3. The minimum atomic E-state index is -0.776. The first-order valence-electron chi connectivity index (χ1n) is 7.36. The zero-order valence-corrected chi connectivity index (χ0v) is 12.2. The molecule has 2 rings (SSSR count). The predicted octanol–water partition coefficient (Wildman–Crippen LogP) is 2.46. The lowest BCUT2D eigenvalue weighted by molar-refractivity contribution is -0.141. The molecule has 2 N–H and O–H groups in total. The van der Waals surface area contributed by atoms with Crippen LogP contribution in [0.1, 0.15) is 43.0 Å². The van der Waals surface area contributed by atoms with Crippen LogP contribution in [0.5, 0.6) is 5.75 Å². The van der Waals surface area contributed by atoms with Crippen LogP contribution < -0.4 is 10.1 Å². The van der Waals surface area contributed by atoms with Crippen LogP contribution in [-0.4, -0.2) is 29.6 Å². The summed E-state index contributed by atoms with van der Waals surface area (Å²) in [7, 11) is 0. The van der Waals surface area contributed by atoms with Gasteiger partial charge in [0, 0.05) is 11.6 Å². The van der Waals surface area contributed by atoms with E-state index in [0.717, 1.165) is 6.42 Å². The molecule has 1 saturated carbocycles. The molecule has 1 aromatic carbocycles. The van der Waals surface area contributed by atoms with E-state index in [1.165, 1.54) is 0 Å². The van der Waals surface area contributed by atoms with Crippen LogP contribution >= 0.6 is 0 Å². The Labute approximate surface area is 124 Å². The lowest BCUT2D eigenvalue weighted by Gasteiger charge is -2.13. The van der Waals surface area contributed by atoms with Crippen molar-refractivity contribution >= 4 is 11.9 Å². The molecule has 0 radical (unpaired) electrons. The molecule has 2 unspecified atom stereocenters. The summed E-state index contributed by atoms with van der Waals surface area (Å²) in [6.07, 6.45) is 2.76. The van der Waals surface area contributed by atoms with Gasteiger partial charge in [0.25, 0.3) is 5.91 Å². The van der Waals surface area contributed by atoms with E-state index in [9.17, 15) is 9.59 Å². The Morgan fingerprint density at radius 3 is 2.86 bits per heavy atom. The molecule has 114 valence electrons. The van der Waals surface area contributed by atoms with Crippen molar-refractivity contribution in [2.24, 2.45) is 5.92 Å². The van der Waals surface area contributed by atoms with E-state index in [2.05, 4.69) is 5.32 Å². The third-order valence-corrected chi connectivity index (χ3v) is 3.69. The van der Waals surface area contributed by atoms with Gasteiger partial charge in [-0.15, -0.1) is 0 Å². The summed E-state index contributed by atoms with van der Waals surface area (Å²) >= 11 is 0. The first kappa shape index (κ1) is 15.4. The van der Waals surface area contributed by atoms with E-state index in [1.807, 2.05) is 13.0 Å². The molecule has 5 nitrogen and oxygen atoms in total. The fraction of sp³-hybridized carbons (Fsp3) is 0.500. The monoisotopic (exact) mass is 291 g/mol. The highest BCUT2D eigenvalue weighted by atomic mass is 16.5. The Kier molecular flexibility index (Phi) is 5.20. The van der Waals surface area contributed by atoms with Crippen molar-refractivity contribution in [2.75, 3.05) is 6.61 Å². The van der Waals surface area contributed by atoms with Gasteiger partial charge in [0.2, 0.25) is 0 Å². The Bertz CT molecular complexity index is 515. The van der Waals surface area contributed by atoms with Crippen LogP contribution in [0.4, 0.5) is 0 Å². The Balaban J connectivity index is 1.93. The number of rotatable bonds is 6. The summed E-state index contributed by atoms with van der Waals surface area (Å²) in [5.74, 6) is -0.608. The molecule has 0 aliphatic heterocycles. The van der Waals surface area contributed by atoms with E-state index in [4.69, 9.17) is 9.84 Å². The third kappa shape index (κ3) is 4.21. The van der Waals surface area contributed by atoms with E-state index >= 15 is 0 Å². The maximum atomic E-state index is 12.2. The maximum Gasteiger partial charge on any atom is 0.306 e. The first-order valence-corrected chi connectivity index (χ1v) is 7.36. The Hall–Kier alpha value is -2.04. The molecular weight excluding hydrogens is 270 g/mol. The number of ether oxygens (including phenoxy) is 1. The van der Waals surface area contributed by atoms with Crippen LogP contribution in [0.2, 0.25) is 0 Å². The average molecular weight is 291 g/mol. The van der Waals surface area contributed by atoms with E-state index in [1.54, 1.807) is 18.2 Å². The van der Waals surface area contributed by atoms with Gasteiger partial charge in [0.1, 0.15) is 5.75 Å². The van der Waals surface area contributed by atoms with E-state index < -0.39 is 5.97 Å². The zero-order chi connectivity index (χ0) is 15.2. The summed E-state index contributed by atoms with van der Waals surface area (Å²) in [6.45, 7) is 2.64. The molecule has 0 spiro atoms. The van der Waals surface area contributed by atoms with Crippen LogP contribution in [0, 0.1) is 5.92 Å². The van der Waals surface area contributed by atoms with Crippen molar-refractivity contribution in [1.82, 2.24) is 5.32 Å². The summed E-state index contributed by atoms with van der Waals surface area (Å²) in [5, 5.41) is 11.9. The van der Waals surface area contributed by atoms with Gasteiger partial charge in [-0.25, -0.2) is 0 Å². The van der Waals surface area contributed by atoms with Crippen LogP contribution in [0.25, 0.3) is 0 Å². The fourth-order valence-corrected chi connectivity index (χ4v) is 2.55. The topological polar surface area (TPSA) is 75.6 Å². The van der Waals surface area contributed by atoms with Crippen molar-refractivity contribution in [2.45, 2.75) is 38.6 Å². The van der Waals surface area contributed by atoms with Crippen molar-refractivity contribution in [3.05, 3.63) is 29.8 Å². The quantitative estimate of drug-likeness (QED) is 0.844. The third-order valence-electron chi connectivity index (χ3n) is 3.69. The van der Waals surface area contributed by atoms with Gasteiger partial charge in [-0.2, -0.15) is 0 Å². The highest BCUT2D eigenvalue weighted by Crippen LogP contribution is 2.26. The van der Waals surface area contributed by atoms with Gasteiger partial charge in [0.05, 0.1) is 12.5 Å². The van der Waals surface area contributed by atoms with Gasteiger partial charge in [0.15, 0.2) is 0 Å². The van der Waals surface area contributed by atoms with Crippen molar-refractivity contribution in [3.63, 3.8) is 0 Å². The van der Waals surface area contributed by atoms with E-state index in [0.29, 0.717) is 37.2 Å². The number of nitrogens with one attached hydrogen (secondary N) is 1. The SMILES string of the molecule is CCCOc1cccc(C(=O)NC2CCC(C(=O)O)C2)c1. The Morgan fingerprint density at radius 1 is 1.38 bits per heavy atom. The summed E-state index contributed by atoms with van der Waals surface area (Å²) in [4.78, 5) is 23.1. The van der Waals surface area contributed by atoms with Crippen LogP contribution in [0.15, 0.2) is 24.3 Å². The molecule has 1 fully saturated rings. The molecule has 1 aromatic rings. The van der Waals surface area contributed by atoms with Gasteiger partial charge in [-0.3, -0.25) is 9.59 Å². The largest absolute Gasteiger partial charge is 0.494 e. The molecule has 21 heavy (non-hydrogen) atoms. The summed E-state index contributed by atoms with van der Waals surface area (Å²) < 4.78 is 5.51. The predicted molar refractivity (Wildman–Crippen MR) is 78.5 cm³/mol. The molecule has 0 bridgehead atoms. The molecule has 1 amide bonds. The number of carboxylic acids is 1. The molecular formula is C16H21NO4. The maximum absolute atomic E-state index is 12.2. The zero-order valence-electron chi connectivity index (χ0n) is 12.2. The number of carboxylic acid groups (broad SMARTS) is 1. The van der Waals surface area contributed by atoms with Gasteiger partial charge < -0.3 is 15.2 Å². The van der Waals surface area contributed by atoms with Crippen LogP contribution in [0.3, 0.4) is 0 Å². The van der Waals surface area contributed by atoms with Gasteiger partial charge in [-0.05, 0) is 43.9 Å². The molecule has 1 aliphatic rings. The number of carbonyl (C=O) groups is 2. The second-order valence-corrected chi connectivity index (χ2v) is 5.39. The second-order valence-electron chi connectivity index (χ2n) is 5.39. The molecule has 0 aromatic heterocycles. The number of hydrogen-bond donors (Lipinski definition) is 2. The molecule has 0 heterocycles. The van der Waals surface area contributed by atoms with Gasteiger partial charge in [-0.1, -0.05) is 13.0 Å². The Morgan fingerprint density at radius 2 is 2.19 bits per heavy atom. The molecule has 2 atom stereocenters. The molecule has 1 aliphatic carbocycles. The lowest BCUT2D eigenvalue weighted by atomic mass is 10.1. The number of aliphatic carboxylic acids is 1. The number of amides is 1. The molecule has 0 saturated heterocycles. The number of benzene rings is 1. The molecule has 5 heteroatoms. The lowest BCUT2D eigenvalue weighted by Crippen LogP contribution is -2.33. The normalized spacial score (nSPS) is 21.0.